The van der Waals surface area contributed by atoms with Crippen molar-refractivity contribution in [1.82, 2.24) is 30.2 Å². The van der Waals surface area contributed by atoms with Gasteiger partial charge in [-0.05, 0) is 43.5 Å². The van der Waals surface area contributed by atoms with E-state index < -0.39 is 41.7 Å². The summed E-state index contributed by atoms with van der Waals surface area (Å²) in [5.41, 5.74) is -1.17. The van der Waals surface area contributed by atoms with Crippen LogP contribution in [-0.2, 0) is 35.0 Å². The Morgan fingerprint density at radius 2 is 1.54 bits per heavy atom. The van der Waals surface area contributed by atoms with E-state index in [1.807, 2.05) is 4.90 Å². The summed E-state index contributed by atoms with van der Waals surface area (Å²) in [7, 11) is 0. The summed E-state index contributed by atoms with van der Waals surface area (Å²) in [6, 6.07) is 0.903. The Morgan fingerprint density at radius 1 is 0.974 bits per heavy atom. The number of fused-ring (bicyclic) bond motifs is 1. The second-order valence-corrected chi connectivity index (χ2v) is 9.99. The van der Waals surface area contributed by atoms with E-state index in [4.69, 9.17) is 4.74 Å². The zero-order valence-electron chi connectivity index (χ0n) is 20.8. The van der Waals surface area contributed by atoms with Gasteiger partial charge in [0.1, 0.15) is 0 Å². The molecule has 0 aliphatic carbocycles. The molecule has 210 valence electrons. The summed E-state index contributed by atoms with van der Waals surface area (Å²) in [4.78, 5) is 17.2. The van der Waals surface area contributed by atoms with Crippen molar-refractivity contribution in [2.75, 3.05) is 6.54 Å². The summed E-state index contributed by atoms with van der Waals surface area (Å²) >= 11 is 0. The molecule has 39 heavy (non-hydrogen) atoms. The Bertz CT molecular complexity index is 1210. The molecule has 0 saturated carbocycles. The zero-order valence-corrected chi connectivity index (χ0v) is 20.8. The lowest BCUT2D eigenvalue weighted by Crippen LogP contribution is -2.42. The van der Waals surface area contributed by atoms with Crippen LogP contribution in [0.5, 0.6) is 0 Å². The number of hydrogen-bond acceptors (Lipinski definition) is 5. The van der Waals surface area contributed by atoms with E-state index >= 15 is 0 Å². The number of aromatic nitrogens is 4. The number of H-pyrrole nitrogens is 2. The zero-order chi connectivity index (χ0) is 27.9. The van der Waals surface area contributed by atoms with Crippen LogP contribution in [0.15, 0.2) is 43.0 Å². The summed E-state index contributed by atoms with van der Waals surface area (Å²) in [5, 5.41) is 13.5. The number of amides is 1. The number of hydrogen-bond donors (Lipinski definition) is 2. The van der Waals surface area contributed by atoms with Gasteiger partial charge in [-0.25, -0.2) is 0 Å². The van der Waals surface area contributed by atoms with Gasteiger partial charge in [-0.15, -0.1) is 0 Å². The van der Waals surface area contributed by atoms with E-state index in [0.717, 1.165) is 11.1 Å². The molecule has 1 amide bonds. The van der Waals surface area contributed by atoms with Crippen molar-refractivity contribution in [3.8, 4) is 0 Å². The van der Waals surface area contributed by atoms with Crippen molar-refractivity contribution in [2.24, 2.45) is 0 Å². The third-order valence-electron chi connectivity index (χ3n) is 7.24. The molecular weight excluding hydrogens is 530 g/mol. The van der Waals surface area contributed by atoms with Crippen LogP contribution in [0.3, 0.4) is 0 Å². The Morgan fingerprint density at radius 3 is 2.00 bits per heavy atom. The number of nitrogens with one attached hydrogen (secondary N) is 2. The molecule has 8 nitrogen and oxygen atoms in total. The van der Waals surface area contributed by atoms with Gasteiger partial charge in [-0.1, -0.05) is 0 Å². The summed E-state index contributed by atoms with van der Waals surface area (Å²) in [5.74, 6) is -0.0934. The Kier molecular flexibility index (Phi) is 7.18. The number of benzene rings is 1. The highest BCUT2D eigenvalue weighted by Crippen LogP contribution is 2.40. The van der Waals surface area contributed by atoms with Gasteiger partial charge in [-0.2, -0.15) is 36.5 Å². The first-order chi connectivity index (χ1) is 18.4. The van der Waals surface area contributed by atoms with Crippen molar-refractivity contribution in [2.45, 2.75) is 69.5 Å². The van der Waals surface area contributed by atoms with Crippen molar-refractivity contribution in [3.63, 3.8) is 0 Å². The van der Waals surface area contributed by atoms with Gasteiger partial charge >= 0.3 is 12.4 Å². The van der Waals surface area contributed by atoms with E-state index in [-0.39, 0.29) is 30.1 Å². The fourth-order valence-corrected chi connectivity index (χ4v) is 5.38. The molecule has 4 atom stereocenters. The summed E-state index contributed by atoms with van der Waals surface area (Å²) in [6.45, 7) is 2.58. The first-order valence-corrected chi connectivity index (χ1v) is 12.3. The third kappa shape index (κ3) is 5.96. The lowest BCUT2D eigenvalue weighted by Gasteiger charge is -2.28. The van der Waals surface area contributed by atoms with Crippen LogP contribution in [0.4, 0.5) is 26.3 Å². The first-order valence-electron chi connectivity index (χ1n) is 12.3. The SMILES string of the molecule is C[C@@H](O[C@@H]1C[C@@H]2CC(N(Cc3cn[nH]c3)Cc3cn[nH]c3)C(=O)N2C1)c1cc(C(F)(F)F)cc(C(F)(F)F)c1. The predicted molar refractivity (Wildman–Crippen MR) is 125 cm³/mol. The van der Waals surface area contributed by atoms with Gasteiger partial charge in [-0.3, -0.25) is 19.9 Å². The maximum Gasteiger partial charge on any atom is 0.416 e. The smallest absolute Gasteiger partial charge is 0.369 e. The fraction of sp³-hybridized carbons (Fsp3) is 0.480. The lowest BCUT2D eigenvalue weighted by atomic mass is 10.0. The average Bonchev–Trinajstić information content (AvgIpc) is 3.65. The van der Waals surface area contributed by atoms with E-state index in [0.29, 0.717) is 38.1 Å². The Balaban J connectivity index is 1.27. The molecule has 2 fully saturated rings. The maximum atomic E-state index is 13.4. The molecule has 3 aromatic rings. The van der Waals surface area contributed by atoms with Crippen LogP contribution in [-0.4, -0.2) is 60.8 Å². The normalized spacial score (nSPS) is 22.6. The standard InChI is InChI=1S/C25H26F6N6O2/c1-14(17-2-18(24(26,27)28)4-19(3-17)25(29,30)31)39-21-5-20-6-22(23(38)37(20)13-21)36(11-15-7-32-33-8-15)12-16-9-34-35-10-16/h2-4,7-10,14,20-22H,5-6,11-13H2,1H3,(H,32,33)(H,34,35)/t14-,20-,21-,22?/m1/s1. The molecule has 1 unspecified atom stereocenters. The Labute approximate surface area is 219 Å². The highest BCUT2D eigenvalue weighted by molar-refractivity contribution is 5.85. The van der Waals surface area contributed by atoms with Gasteiger partial charge in [0.25, 0.3) is 0 Å². The maximum absolute atomic E-state index is 13.4. The molecule has 2 aliphatic heterocycles. The number of nitrogens with zero attached hydrogens (tertiary/aromatic N) is 4. The molecular formula is C25H26F6N6O2. The number of rotatable bonds is 8. The predicted octanol–water partition coefficient (Wildman–Crippen LogP) is 4.69. The third-order valence-corrected chi connectivity index (χ3v) is 7.24. The number of carbonyl (C=O) groups excluding carboxylic acids is 1. The molecule has 2 aliphatic rings. The van der Waals surface area contributed by atoms with Crippen LogP contribution < -0.4 is 0 Å². The number of ether oxygens (including phenoxy) is 1. The molecule has 2 aromatic heterocycles. The molecule has 5 rings (SSSR count). The van der Waals surface area contributed by atoms with Gasteiger partial charge in [0.05, 0.1) is 41.8 Å². The molecule has 2 saturated heterocycles. The van der Waals surface area contributed by atoms with Crippen LogP contribution in [0, 0.1) is 0 Å². The minimum atomic E-state index is -4.94. The van der Waals surface area contributed by atoms with Crippen LogP contribution >= 0.6 is 0 Å². The molecule has 14 heteroatoms. The average molecular weight is 557 g/mol. The lowest BCUT2D eigenvalue weighted by molar-refractivity contribution is -0.143. The largest absolute Gasteiger partial charge is 0.416 e. The van der Waals surface area contributed by atoms with E-state index in [2.05, 4.69) is 20.4 Å². The quantitative estimate of drug-likeness (QED) is 0.393. The van der Waals surface area contributed by atoms with Crippen molar-refractivity contribution >= 4 is 5.91 Å². The molecule has 0 spiro atoms. The van der Waals surface area contributed by atoms with E-state index in [9.17, 15) is 31.1 Å². The van der Waals surface area contributed by atoms with Gasteiger partial charge in [0.2, 0.25) is 5.91 Å². The summed E-state index contributed by atoms with van der Waals surface area (Å²) < 4.78 is 85.6. The molecule has 0 radical (unpaired) electrons. The number of halogens is 6. The Hall–Kier alpha value is -3.39. The van der Waals surface area contributed by atoms with Gasteiger partial charge in [0.15, 0.2) is 0 Å². The van der Waals surface area contributed by atoms with E-state index in [1.165, 1.54) is 6.92 Å². The number of carbonyl (C=O) groups is 1. The monoisotopic (exact) mass is 556 g/mol. The van der Waals surface area contributed by atoms with Gasteiger partial charge < -0.3 is 9.64 Å². The topological polar surface area (TPSA) is 90.1 Å². The summed E-state index contributed by atoms with van der Waals surface area (Å²) in [6.07, 6.45) is -3.60. The van der Waals surface area contributed by atoms with Crippen LogP contribution in [0.25, 0.3) is 0 Å². The minimum Gasteiger partial charge on any atom is -0.369 e. The minimum absolute atomic E-state index is 0.0934. The molecule has 1 aromatic carbocycles. The molecule has 2 N–H and O–H groups in total. The van der Waals surface area contributed by atoms with Gasteiger partial charge in [0, 0.05) is 49.2 Å². The highest BCUT2D eigenvalue weighted by Gasteiger charge is 2.48. The highest BCUT2D eigenvalue weighted by atomic mass is 19.4. The van der Waals surface area contributed by atoms with Crippen LogP contribution in [0.2, 0.25) is 0 Å². The van der Waals surface area contributed by atoms with E-state index in [1.54, 1.807) is 29.7 Å². The van der Waals surface area contributed by atoms with Crippen LogP contribution in [0.1, 0.15) is 53.7 Å². The van der Waals surface area contributed by atoms with Crippen molar-refractivity contribution < 1.29 is 35.9 Å². The molecule has 4 heterocycles. The molecule has 0 bridgehead atoms. The number of aromatic amines is 2. The van der Waals surface area contributed by atoms with Crippen molar-refractivity contribution in [1.29, 1.82) is 0 Å². The fourth-order valence-electron chi connectivity index (χ4n) is 5.38. The second-order valence-electron chi connectivity index (χ2n) is 9.99. The first kappa shape index (κ1) is 27.2. The second kappa shape index (κ2) is 10.3. The number of alkyl halides is 6. The van der Waals surface area contributed by atoms with Crippen molar-refractivity contribution in [3.05, 3.63) is 70.8 Å².